The molecule has 1 saturated heterocycles. The van der Waals surface area contributed by atoms with E-state index < -0.39 is 11.7 Å². The molecule has 6 heteroatoms. The van der Waals surface area contributed by atoms with Gasteiger partial charge in [-0.2, -0.15) is 13.2 Å². The van der Waals surface area contributed by atoms with Gasteiger partial charge in [-0.25, -0.2) is 0 Å². The lowest BCUT2D eigenvalue weighted by Gasteiger charge is -2.25. The van der Waals surface area contributed by atoms with Crippen LogP contribution >= 0.6 is 11.6 Å². The zero-order valence-electron chi connectivity index (χ0n) is 10.5. The normalized spacial score (nSPS) is 17.5. The van der Waals surface area contributed by atoms with E-state index in [1.54, 1.807) is 6.92 Å². The largest absolute Gasteiger partial charge is 0.490 e. The van der Waals surface area contributed by atoms with Gasteiger partial charge in [-0.05, 0) is 50.6 Å². The summed E-state index contributed by atoms with van der Waals surface area (Å²) >= 11 is 5.69. The van der Waals surface area contributed by atoms with Gasteiger partial charge in [0.2, 0.25) is 0 Å². The van der Waals surface area contributed by atoms with Crippen molar-refractivity contribution in [1.29, 1.82) is 0 Å². The van der Waals surface area contributed by atoms with Crippen molar-refractivity contribution in [3.63, 3.8) is 0 Å². The molecule has 2 nitrogen and oxygen atoms in total. The van der Waals surface area contributed by atoms with Crippen molar-refractivity contribution in [2.45, 2.75) is 32.0 Å². The molecule has 1 aromatic rings. The molecule has 1 aliphatic heterocycles. The van der Waals surface area contributed by atoms with Crippen LogP contribution in [0.25, 0.3) is 0 Å². The Hall–Kier alpha value is -0.940. The van der Waals surface area contributed by atoms with Crippen LogP contribution in [0.15, 0.2) is 12.1 Å². The Bertz CT molecular complexity index is 456. The van der Waals surface area contributed by atoms with Crippen LogP contribution in [0.3, 0.4) is 0 Å². The van der Waals surface area contributed by atoms with Gasteiger partial charge in [0, 0.05) is 0 Å². The SMILES string of the molecule is Cc1cc(C(F)(F)F)c(Cl)cc1OC1CCNCC1. The molecule has 1 aromatic carbocycles. The molecular formula is C13H15ClF3NO. The summed E-state index contributed by atoms with van der Waals surface area (Å²) < 4.78 is 43.8. The second kappa shape index (κ2) is 5.59. The molecule has 2 rings (SSSR count). The average molecular weight is 294 g/mol. The van der Waals surface area contributed by atoms with Gasteiger partial charge in [-0.15, -0.1) is 0 Å². The Labute approximate surface area is 114 Å². The van der Waals surface area contributed by atoms with Gasteiger partial charge in [0.1, 0.15) is 11.9 Å². The van der Waals surface area contributed by atoms with Gasteiger partial charge in [0.15, 0.2) is 0 Å². The van der Waals surface area contributed by atoms with Crippen molar-refractivity contribution in [1.82, 2.24) is 5.32 Å². The van der Waals surface area contributed by atoms with Crippen LogP contribution in [0.1, 0.15) is 24.0 Å². The highest BCUT2D eigenvalue weighted by molar-refractivity contribution is 6.31. The molecule has 106 valence electrons. The number of ether oxygens (including phenoxy) is 1. The summed E-state index contributed by atoms with van der Waals surface area (Å²) in [5.74, 6) is 0.435. The molecule has 19 heavy (non-hydrogen) atoms. The quantitative estimate of drug-likeness (QED) is 0.895. The molecule has 1 heterocycles. The van der Waals surface area contributed by atoms with E-state index in [4.69, 9.17) is 16.3 Å². The summed E-state index contributed by atoms with van der Waals surface area (Å²) in [4.78, 5) is 0. The first-order valence-corrected chi connectivity index (χ1v) is 6.50. The average Bonchev–Trinajstić information content (AvgIpc) is 2.33. The van der Waals surface area contributed by atoms with Crippen LogP contribution < -0.4 is 10.1 Å². The Morgan fingerprint density at radius 3 is 2.47 bits per heavy atom. The lowest BCUT2D eigenvalue weighted by atomic mass is 10.1. The first-order chi connectivity index (χ1) is 8.88. The maximum atomic E-state index is 12.7. The summed E-state index contributed by atoms with van der Waals surface area (Å²) in [6.07, 6.45) is -2.71. The molecule has 0 atom stereocenters. The molecule has 0 bridgehead atoms. The lowest BCUT2D eigenvalue weighted by molar-refractivity contribution is -0.137. The second-order valence-electron chi connectivity index (χ2n) is 4.66. The zero-order valence-corrected chi connectivity index (χ0v) is 11.2. The number of piperidine rings is 1. The van der Waals surface area contributed by atoms with Crippen LogP contribution in [0.2, 0.25) is 5.02 Å². The predicted octanol–water partition coefficient (Wildman–Crippen LogP) is 3.80. The number of benzene rings is 1. The predicted molar refractivity (Wildman–Crippen MR) is 67.7 cm³/mol. The summed E-state index contributed by atoms with van der Waals surface area (Å²) in [5, 5.41) is 2.88. The van der Waals surface area contributed by atoms with Gasteiger partial charge < -0.3 is 10.1 Å². The topological polar surface area (TPSA) is 21.3 Å². The minimum absolute atomic E-state index is 0.0350. The molecule has 0 aliphatic carbocycles. The highest BCUT2D eigenvalue weighted by Crippen LogP contribution is 2.38. The van der Waals surface area contributed by atoms with Crippen molar-refractivity contribution < 1.29 is 17.9 Å². The van der Waals surface area contributed by atoms with Crippen molar-refractivity contribution in [3.8, 4) is 5.75 Å². The van der Waals surface area contributed by atoms with Crippen molar-refractivity contribution in [3.05, 3.63) is 28.3 Å². The molecule has 0 amide bonds. The highest BCUT2D eigenvalue weighted by Gasteiger charge is 2.34. The highest BCUT2D eigenvalue weighted by atomic mass is 35.5. The lowest BCUT2D eigenvalue weighted by Crippen LogP contribution is -2.34. The molecule has 0 radical (unpaired) electrons. The van der Waals surface area contributed by atoms with Gasteiger partial charge in [0.05, 0.1) is 10.6 Å². The Kier molecular flexibility index (Phi) is 4.26. The number of halogens is 4. The number of hydrogen-bond acceptors (Lipinski definition) is 2. The Balaban J connectivity index is 2.20. The van der Waals surface area contributed by atoms with E-state index in [9.17, 15) is 13.2 Å². The molecule has 1 aliphatic rings. The van der Waals surface area contributed by atoms with E-state index >= 15 is 0 Å². The van der Waals surface area contributed by atoms with Crippen molar-refractivity contribution in [2.75, 3.05) is 13.1 Å². The zero-order chi connectivity index (χ0) is 14.0. The number of nitrogens with one attached hydrogen (secondary N) is 1. The monoisotopic (exact) mass is 293 g/mol. The van der Waals surface area contributed by atoms with E-state index in [0.717, 1.165) is 32.0 Å². The van der Waals surface area contributed by atoms with Crippen LogP contribution in [0, 0.1) is 6.92 Å². The fraction of sp³-hybridized carbons (Fsp3) is 0.538. The number of alkyl halides is 3. The van der Waals surface area contributed by atoms with Crippen LogP contribution in [-0.2, 0) is 6.18 Å². The summed E-state index contributed by atoms with van der Waals surface area (Å²) in [6, 6.07) is 2.31. The molecule has 0 aromatic heterocycles. The fourth-order valence-corrected chi connectivity index (χ4v) is 2.36. The summed E-state index contributed by atoms with van der Waals surface area (Å²) in [7, 11) is 0. The third-order valence-electron chi connectivity index (χ3n) is 3.15. The smallest absolute Gasteiger partial charge is 0.417 e. The Morgan fingerprint density at radius 2 is 1.89 bits per heavy atom. The molecule has 1 fully saturated rings. The van der Waals surface area contributed by atoms with Crippen LogP contribution in [0.4, 0.5) is 13.2 Å². The van der Waals surface area contributed by atoms with E-state index in [1.807, 2.05) is 0 Å². The molecule has 1 N–H and O–H groups in total. The number of rotatable bonds is 2. The minimum atomic E-state index is -4.44. The third-order valence-corrected chi connectivity index (χ3v) is 3.46. The Morgan fingerprint density at radius 1 is 1.26 bits per heavy atom. The molecule has 0 spiro atoms. The second-order valence-corrected chi connectivity index (χ2v) is 5.07. The molecular weight excluding hydrogens is 279 g/mol. The van der Waals surface area contributed by atoms with E-state index in [-0.39, 0.29) is 11.1 Å². The summed E-state index contributed by atoms with van der Waals surface area (Å²) in [6.45, 7) is 3.32. The van der Waals surface area contributed by atoms with Crippen LogP contribution in [-0.4, -0.2) is 19.2 Å². The molecule has 0 saturated carbocycles. The number of hydrogen-bond donors (Lipinski definition) is 1. The summed E-state index contributed by atoms with van der Waals surface area (Å²) in [5.41, 5.74) is -0.361. The van der Waals surface area contributed by atoms with E-state index in [0.29, 0.717) is 11.3 Å². The van der Waals surface area contributed by atoms with E-state index in [1.165, 1.54) is 6.07 Å². The maximum Gasteiger partial charge on any atom is 0.417 e. The maximum absolute atomic E-state index is 12.7. The first-order valence-electron chi connectivity index (χ1n) is 6.12. The van der Waals surface area contributed by atoms with Crippen LogP contribution in [0.5, 0.6) is 5.75 Å². The standard InChI is InChI=1S/C13H15ClF3NO/c1-8-6-10(13(15,16)17)11(14)7-12(8)19-9-2-4-18-5-3-9/h6-7,9,18H,2-5H2,1H3. The minimum Gasteiger partial charge on any atom is -0.490 e. The van der Waals surface area contributed by atoms with Crippen molar-refractivity contribution in [2.24, 2.45) is 0 Å². The first kappa shape index (κ1) is 14.5. The fourth-order valence-electron chi connectivity index (χ4n) is 2.10. The van der Waals surface area contributed by atoms with Gasteiger partial charge in [-0.3, -0.25) is 0 Å². The van der Waals surface area contributed by atoms with Crippen molar-refractivity contribution >= 4 is 11.6 Å². The number of aryl methyl sites for hydroxylation is 1. The van der Waals surface area contributed by atoms with Gasteiger partial charge in [-0.1, -0.05) is 11.6 Å². The third kappa shape index (κ3) is 3.54. The van der Waals surface area contributed by atoms with E-state index in [2.05, 4.69) is 5.32 Å². The molecule has 0 unspecified atom stereocenters. The van der Waals surface area contributed by atoms with Gasteiger partial charge >= 0.3 is 6.18 Å². The van der Waals surface area contributed by atoms with Gasteiger partial charge in [0.25, 0.3) is 0 Å².